The molecule has 2 heteroatoms. The molecule has 2 nitrogen and oxygen atoms in total. The number of hydrogen-bond donors (Lipinski definition) is 1. The van der Waals surface area contributed by atoms with Gasteiger partial charge in [0.25, 0.3) is 0 Å². The van der Waals surface area contributed by atoms with Crippen LogP contribution in [0.4, 0.5) is 0 Å². The van der Waals surface area contributed by atoms with E-state index >= 15 is 0 Å². The third-order valence-corrected chi connectivity index (χ3v) is 1.31. The van der Waals surface area contributed by atoms with E-state index in [4.69, 9.17) is 10.5 Å². The van der Waals surface area contributed by atoms with E-state index < -0.39 is 0 Å². The first-order valence-electron chi connectivity index (χ1n) is 4.00. The predicted molar refractivity (Wildman–Crippen MR) is 43.9 cm³/mol. The lowest BCUT2D eigenvalue weighted by Crippen LogP contribution is -2.27. The predicted octanol–water partition coefficient (Wildman–Crippen LogP) is 1.40. The van der Waals surface area contributed by atoms with Crippen LogP contribution >= 0.6 is 0 Å². The minimum Gasteiger partial charge on any atom is -0.380 e. The maximum atomic E-state index is 5.74. The van der Waals surface area contributed by atoms with Crippen molar-refractivity contribution in [3.63, 3.8) is 0 Å². The Morgan fingerprint density at radius 1 is 1.40 bits per heavy atom. The molecule has 0 saturated carbocycles. The highest BCUT2D eigenvalue weighted by molar-refractivity contribution is 4.61. The van der Waals surface area contributed by atoms with Gasteiger partial charge in [-0.1, -0.05) is 13.8 Å². The average Bonchev–Trinajstić information content (AvgIpc) is 1.82. The van der Waals surface area contributed by atoms with Crippen molar-refractivity contribution in [3.8, 4) is 0 Å². The van der Waals surface area contributed by atoms with Crippen molar-refractivity contribution in [2.75, 3.05) is 13.2 Å². The second kappa shape index (κ2) is 5.69. The van der Waals surface area contributed by atoms with Crippen molar-refractivity contribution in [3.05, 3.63) is 0 Å². The normalized spacial score (nSPS) is 14.1. The summed E-state index contributed by atoms with van der Waals surface area (Å²) in [6.45, 7) is 7.81. The quantitative estimate of drug-likeness (QED) is 0.634. The SMILES string of the molecule is CCOCC(N)CC(C)C. The highest BCUT2D eigenvalue weighted by Gasteiger charge is 2.03. The minimum atomic E-state index is 0.222. The van der Waals surface area contributed by atoms with Gasteiger partial charge in [0.1, 0.15) is 0 Å². The summed E-state index contributed by atoms with van der Waals surface area (Å²) in [7, 11) is 0. The van der Waals surface area contributed by atoms with Gasteiger partial charge < -0.3 is 10.5 Å². The molecule has 62 valence electrons. The molecule has 0 aliphatic carbocycles. The van der Waals surface area contributed by atoms with Crippen molar-refractivity contribution < 1.29 is 4.74 Å². The molecule has 0 saturated heterocycles. The van der Waals surface area contributed by atoms with Gasteiger partial charge in [0.2, 0.25) is 0 Å². The molecule has 0 bridgehead atoms. The fourth-order valence-electron chi connectivity index (χ4n) is 0.943. The molecule has 1 unspecified atom stereocenters. The van der Waals surface area contributed by atoms with Crippen molar-refractivity contribution in [1.82, 2.24) is 0 Å². The lowest BCUT2D eigenvalue weighted by Gasteiger charge is -2.12. The number of ether oxygens (including phenoxy) is 1. The van der Waals surface area contributed by atoms with E-state index in [9.17, 15) is 0 Å². The van der Waals surface area contributed by atoms with Crippen molar-refractivity contribution in [2.24, 2.45) is 11.7 Å². The second-order valence-electron chi connectivity index (χ2n) is 3.05. The number of nitrogens with two attached hydrogens (primary N) is 1. The highest BCUT2D eigenvalue weighted by Crippen LogP contribution is 2.02. The van der Waals surface area contributed by atoms with Crippen LogP contribution in [-0.4, -0.2) is 19.3 Å². The zero-order valence-corrected chi connectivity index (χ0v) is 7.26. The van der Waals surface area contributed by atoms with Crippen LogP contribution in [0.1, 0.15) is 27.2 Å². The van der Waals surface area contributed by atoms with E-state index in [1.807, 2.05) is 6.92 Å². The molecule has 2 N–H and O–H groups in total. The van der Waals surface area contributed by atoms with E-state index in [1.165, 1.54) is 0 Å². The molecule has 1 atom stereocenters. The molecule has 0 heterocycles. The van der Waals surface area contributed by atoms with Crippen molar-refractivity contribution >= 4 is 0 Å². The standard InChI is InChI=1S/C8H19NO/c1-4-10-6-8(9)5-7(2)3/h7-8H,4-6,9H2,1-3H3. The Hall–Kier alpha value is -0.0800. The fraction of sp³-hybridized carbons (Fsp3) is 1.00. The molecule has 0 aromatic heterocycles. The van der Waals surface area contributed by atoms with Gasteiger partial charge in [-0.25, -0.2) is 0 Å². The summed E-state index contributed by atoms with van der Waals surface area (Å²) in [6, 6.07) is 0.222. The first kappa shape index (κ1) is 9.92. The molecular weight excluding hydrogens is 126 g/mol. The molecule has 0 radical (unpaired) electrons. The van der Waals surface area contributed by atoms with Gasteiger partial charge >= 0.3 is 0 Å². The van der Waals surface area contributed by atoms with Gasteiger partial charge in [-0.15, -0.1) is 0 Å². The second-order valence-corrected chi connectivity index (χ2v) is 3.05. The molecule has 0 spiro atoms. The summed E-state index contributed by atoms with van der Waals surface area (Å²) in [5.74, 6) is 0.676. The van der Waals surface area contributed by atoms with E-state index in [0.29, 0.717) is 12.5 Å². The van der Waals surface area contributed by atoms with E-state index in [-0.39, 0.29) is 6.04 Å². The van der Waals surface area contributed by atoms with Crippen LogP contribution in [0.3, 0.4) is 0 Å². The summed E-state index contributed by atoms with van der Waals surface area (Å²) < 4.78 is 5.17. The smallest absolute Gasteiger partial charge is 0.0617 e. The molecule has 0 amide bonds. The van der Waals surface area contributed by atoms with Crippen molar-refractivity contribution in [1.29, 1.82) is 0 Å². The van der Waals surface area contributed by atoms with E-state index in [0.717, 1.165) is 13.0 Å². The van der Waals surface area contributed by atoms with Gasteiger partial charge in [-0.3, -0.25) is 0 Å². The summed E-state index contributed by atoms with van der Waals surface area (Å²) >= 11 is 0. The molecular formula is C8H19NO. The molecule has 0 fully saturated rings. The number of hydrogen-bond acceptors (Lipinski definition) is 2. The maximum absolute atomic E-state index is 5.74. The zero-order chi connectivity index (χ0) is 7.98. The van der Waals surface area contributed by atoms with E-state index in [2.05, 4.69) is 13.8 Å². The highest BCUT2D eigenvalue weighted by atomic mass is 16.5. The Labute approximate surface area is 63.7 Å². The summed E-state index contributed by atoms with van der Waals surface area (Å²) in [5.41, 5.74) is 5.74. The van der Waals surface area contributed by atoms with Gasteiger partial charge in [-0.05, 0) is 19.3 Å². The summed E-state index contributed by atoms with van der Waals surface area (Å²) in [5, 5.41) is 0. The van der Waals surface area contributed by atoms with Crippen LogP contribution in [0.5, 0.6) is 0 Å². The minimum absolute atomic E-state index is 0.222. The van der Waals surface area contributed by atoms with Crippen LogP contribution in [-0.2, 0) is 4.74 Å². The van der Waals surface area contributed by atoms with Crippen LogP contribution in [0.2, 0.25) is 0 Å². The third-order valence-electron chi connectivity index (χ3n) is 1.31. The monoisotopic (exact) mass is 145 g/mol. The largest absolute Gasteiger partial charge is 0.380 e. The molecule has 0 aliphatic rings. The Morgan fingerprint density at radius 2 is 2.00 bits per heavy atom. The Balaban J connectivity index is 3.16. The lowest BCUT2D eigenvalue weighted by molar-refractivity contribution is 0.127. The van der Waals surface area contributed by atoms with Gasteiger partial charge in [0, 0.05) is 12.6 Å². The molecule has 0 aromatic rings. The van der Waals surface area contributed by atoms with Crippen LogP contribution < -0.4 is 5.73 Å². The average molecular weight is 145 g/mol. The summed E-state index contributed by atoms with van der Waals surface area (Å²) in [6.07, 6.45) is 1.06. The molecule has 0 aromatic carbocycles. The topological polar surface area (TPSA) is 35.2 Å². The van der Waals surface area contributed by atoms with Crippen LogP contribution in [0.25, 0.3) is 0 Å². The number of rotatable bonds is 5. The molecule has 0 aliphatic heterocycles. The lowest BCUT2D eigenvalue weighted by atomic mass is 10.1. The van der Waals surface area contributed by atoms with Gasteiger partial charge in [-0.2, -0.15) is 0 Å². The Morgan fingerprint density at radius 3 is 2.40 bits per heavy atom. The first-order chi connectivity index (χ1) is 4.66. The Kier molecular flexibility index (Phi) is 5.64. The first-order valence-corrected chi connectivity index (χ1v) is 4.00. The maximum Gasteiger partial charge on any atom is 0.0617 e. The fourth-order valence-corrected chi connectivity index (χ4v) is 0.943. The molecule has 10 heavy (non-hydrogen) atoms. The van der Waals surface area contributed by atoms with Gasteiger partial charge in [0.15, 0.2) is 0 Å². The molecule has 0 rings (SSSR count). The Bertz CT molecular complexity index is 73.7. The van der Waals surface area contributed by atoms with Crippen LogP contribution in [0.15, 0.2) is 0 Å². The van der Waals surface area contributed by atoms with Crippen LogP contribution in [0, 0.1) is 5.92 Å². The summed E-state index contributed by atoms with van der Waals surface area (Å²) in [4.78, 5) is 0. The van der Waals surface area contributed by atoms with Crippen molar-refractivity contribution in [2.45, 2.75) is 33.2 Å². The zero-order valence-electron chi connectivity index (χ0n) is 7.26. The van der Waals surface area contributed by atoms with E-state index in [1.54, 1.807) is 0 Å². The van der Waals surface area contributed by atoms with Gasteiger partial charge in [0.05, 0.1) is 6.61 Å². The third kappa shape index (κ3) is 6.05.